The van der Waals surface area contributed by atoms with Crippen molar-refractivity contribution < 1.29 is 4.79 Å². The summed E-state index contributed by atoms with van der Waals surface area (Å²) in [4.78, 5) is 14.8. The normalized spacial score (nSPS) is 16.6. The van der Waals surface area contributed by atoms with Crippen LogP contribution in [0.5, 0.6) is 0 Å². The van der Waals surface area contributed by atoms with Crippen molar-refractivity contribution in [2.24, 2.45) is 0 Å². The summed E-state index contributed by atoms with van der Waals surface area (Å²) in [6.45, 7) is 7.12. The molecule has 0 bridgehead atoms. The lowest BCUT2D eigenvalue weighted by atomic mass is 10.2. The molecule has 3 N–H and O–H groups in total. The molecule has 2 rings (SSSR count). The number of nitrogens with one attached hydrogen (secondary N) is 1. The molecule has 5 nitrogen and oxygen atoms in total. The Morgan fingerprint density at radius 2 is 2.19 bits per heavy atom. The zero-order valence-corrected chi connectivity index (χ0v) is 13.4. The minimum Gasteiger partial charge on any atom is -0.396 e. The SMILES string of the molecule is CCC(=O)c1sc(NC(C)CN2CCCC2)c(C#N)c1N. The fourth-order valence-electron chi connectivity index (χ4n) is 2.65. The van der Waals surface area contributed by atoms with Crippen molar-refractivity contribution in [1.82, 2.24) is 4.90 Å². The van der Waals surface area contributed by atoms with E-state index >= 15 is 0 Å². The van der Waals surface area contributed by atoms with Gasteiger partial charge >= 0.3 is 0 Å². The van der Waals surface area contributed by atoms with E-state index in [2.05, 4.69) is 23.2 Å². The molecule has 1 aliphatic heterocycles. The highest BCUT2D eigenvalue weighted by atomic mass is 32.1. The predicted octanol–water partition coefficient (Wildman–Crippen LogP) is 2.69. The molecule has 1 unspecified atom stereocenters. The first-order valence-corrected chi connectivity index (χ1v) is 8.22. The second kappa shape index (κ2) is 6.92. The van der Waals surface area contributed by atoms with Gasteiger partial charge in [-0.15, -0.1) is 11.3 Å². The van der Waals surface area contributed by atoms with E-state index in [1.54, 1.807) is 6.92 Å². The quantitative estimate of drug-likeness (QED) is 0.790. The first-order chi connectivity index (χ1) is 10.1. The molecule has 1 saturated heterocycles. The van der Waals surface area contributed by atoms with Crippen LogP contribution in [0.4, 0.5) is 10.7 Å². The van der Waals surface area contributed by atoms with Crippen LogP contribution in [0.25, 0.3) is 0 Å². The summed E-state index contributed by atoms with van der Waals surface area (Å²) in [6.07, 6.45) is 2.92. The van der Waals surface area contributed by atoms with Crippen LogP contribution in [0.15, 0.2) is 0 Å². The van der Waals surface area contributed by atoms with Gasteiger partial charge in [0.15, 0.2) is 5.78 Å². The van der Waals surface area contributed by atoms with E-state index in [0.29, 0.717) is 22.5 Å². The third kappa shape index (κ3) is 3.55. The van der Waals surface area contributed by atoms with Crippen LogP contribution < -0.4 is 11.1 Å². The first-order valence-electron chi connectivity index (χ1n) is 7.41. The molecule has 0 aliphatic carbocycles. The van der Waals surface area contributed by atoms with E-state index in [0.717, 1.165) is 24.6 Å². The lowest BCUT2D eigenvalue weighted by Crippen LogP contribution is -2.32. The Hall–Kier alpha value is -1.58. The van der Waals surface area contributed by atoms with Crippen LogP contribution in [0.2, 0.25) is 0 Å². The summed E-state index contributed by atoms with van der Waals surface area (Å²) in [5, 5.41) is 13.4. The number of anilines is 2. The van der Waals surface area contributed by atoms with Gasteiger partial charge in [0.25, 0.3) is 0 Å². The summed E-state index contributed by atoms with van der Waals surface area (Å²) < 4.78 is 0. The fourth-order valence-corrected chi connectivity index (χ4v) is 3.84. The Balaban J connectivity index is 2.11. The number of rotatable bonds is 6. The molecule has 1 aromatic heterocycles. The highest BCUT2D eigenvalue weighted by Crippen LogP contribution is 2.36. The third-order valence-electron chi connectivity index (χ3n) is 3.74. The number of nitrogen functional groups attached to an aromatic ring is 1. The zero-order chi connectivity index (χ0) is 15.4. The van der Waals surface area contributed by atoms with E-state index in [-0.39, 0.29) is 11.8 Å². The average molecular weight is 306 g/mol. The number of thiophene rings is 1. The molecule has 0 spiro atoms. The predicted molar refractivity (Wildman–Crippen MR) is 86.8 cm³/mol. The topological polar surface area (TPSA) is 82.2 Å². The Morgan fingerprint density at radius 1 is 1.52 bits per heavy atom. The maximum absolute atomic E-state index is 11.9. The number of hydrogen-bond donors (Lipinski definition) is 2. The molecular weight excluding hydrogens is 284 g/mol. The lowest BCUT2D eigenvalue weighted by Gasteiger charge is -2.21. The summed E-state index contributed by atoms with van der Waals surface area (Å²) in [6, 6.07) is 2.34. The molecule has 0 amide bonds. The van der Waals surface area contributed by atoms with Crippen LogP contribution in [-0.4, -0.2) is 36.4 Å². The van der Waals surface area contributed by atoms with Crippen LogP contribution in [0.3, 0.4) is 0 Å². The number of nitriles is 1. The molecule has 21 heavy (non-hydrogen) atoms. The standard InChI is InChI=1S/C15H22N4OS/c1-3-12(20)14-13(17)11(8-16)15(21-14)18-10(2)9-19-6-4-5-7-19/h10,18H,3-7,9,17H2,1-2H3. The molecule has 0 saturated carbocycles. The number of nitrogens with two attached hydrogens (primary N) is 1. The van der Waals surface area contributed by atoms with Crippen molar-refractivity contribution in [2.75, 3.05) is 30.7 Å². The summed E-state index contributed by atoms with van der Waals surface area (Å²) in [5.41, 5.74) is 6.68. The van der Waals surface area contributed by atoms with Gasteiger partial charge < -0.3 is 16.0 Å². The fraction of sp³-hybridized carbons (Fsp3) is 0.600. The molecule has 2 heterocycles. The second-order valence-corrected chi connectivity index (χ2v) is 6.51. The average Bonchev–Trinajstić information content (AvgIpc) is 3.06. The van der Waals surface area contributed by atoms with Crippen molar-refractivity contribution in [3.05, 3.63) is 10.4 Å². The molecule has 0 radical (unpaired) electrons. The number of carbonyl (C=O) groups excluding carboxylic acids is 1. The maximum Gasteiger partial charge on any atom is 0.174 e. The molecule has 1 aromatic rings. The molecule has 0 aromatic carbocycles. The van der Waals surface area contributed by atoms with Gasteiger partial charge in [-0.3, -0.25) is 4.79 Å². The zero-order valence-electron chi connectivity index (χ0n) is 12.6. The van der Waals surface area contributed by atoms with E-state index in [9.17, 15) is 10.1 Å². The van der Waals surface area contributed by atoms with Gasteiger partial charge in [-0.1, -0.05) is 6.92 Å². The van der Waals surface area contributed by atoms with E-state index in [1.807, 2.05) is 0 Å². The molecule has 1 fully saturated rings. The van der Waals surface area contributed by atoms with Crippen molar-refractivity contribution in [1.29, 1.82) is 5.26 Å². The Morgan fingerprint density at radius 3 is 2.76 bits per heavy atom. The minimum absolute atomic E-state index is 0.00533. The van der Waals surface area contributed by atoms with E-state index in [4.69, 9.17) is 5.73 Å². The molecule has 1 aliphatic rings. The number of ketones is 1. The summed E-state index contributed by atoms with van der Waals surface area (Å²) in [7, 11) is 0. The Bertz CT molecular complexity index is 555. The van der Waals surface area contributed by atoms with Gasteiger partial charge in [0.05, 0.1) is 10.6 Å². The number of hydrogen-bond acceptors (Lipinski definition) is 6. The Kier molecular flexibility index (Phi) is 5.21. The second-order valence-electron chi connectivity index (χ2n) is 5.49. The number of likely N-dealkylation sites (tertiary alicyclic amines) is 1. The molecule has 1 atom stereocenters. The number of nitrogens with zero attached hydrogens (tertiary/aromatic N) is 2. The highest BCUT2D eigenvalue weighted by Gasteiger charge is 2.22. The number of Topliss-reactive ketones (excluding diaryl/α,β-unsaturated/α-hetero) is 1. The highest BCUT2D eigenvalue weighted by molar-refractivity contribution is 7.19. The van der Waals surface area contributed by atoms with Crippen molar-refractivity contribution >= 4 is 27.8 Å². The summed E-state index contributed by atoms with van der Waals surface area (Å²) >= 11 is 1.30. The minimum atomic E-state index is -0.00533. The van der Waals surface area contributed by atoms with Gasteiger partial charge in [-0.25, -0.2) is 0 Å². The molecule has 6 heteroatoms. The van der Waals surface area contributed by atoms with Gasteiger partial charge in [0.1, 0.15) is 16.6 Å². The van der Waals surface area contributed by atoms with Crippen molar-refractivity contribution in [3.8, 4) is 6.07 Å². The van der Waals surface area contributed by atoms with Gasteiger partial charge in [-0.2, -0.15) is 5.26 Å². The molecular formula is C15H22N4OS. The van der Waals surface area contributed by atoms with Crippen LogP contribution >= 0.6 is 11.3 Å². The third-order valence-corrected chi connectivity index (χ3v) is 4.92. The van der Waals surface area contributed by atoms with E-state index in [1.165, 1.54) is 24.2 Å². The molecule has 114 valence electrons. The van der Waals surface area contributed by atoms with E-state index < -0.39 is 0 Å². The first kappa shape index (κ1) is 15.8. The smallest absolute Gasteiger partial charge is 0.174 e. The maximum atomic E-state index is 11.9. The van der Waals surface area contributed by atoms with Crippen LogP contribution in [0, 0.1) is 11.3 Å². The Labute approximate surface area is 129 Å². The van der Waals surface area contributed by atoms with Crippen LogP contribution in [0.1, 0.15) is 48.3 Å². The number of carbonyl (C=O) groups is 1. The lowest BCUT2D eigenvalue weighted by molar-refractivity contribution is 0.0993. The van der Waals surface area contributed by atoms with Gasteiger partial charge in [-0.05, 0) is 32.9 Å². The van der Waals surface area contributed by atoms with Gasteiger partial charge in [0, 0.05) is 19.0 Å². The van der Waals surface area contributed by atoms with Crippen LogP contribution in [-0.2, 0) is 0 Å². The van der Waals surface area contributed by atoms with Crippen molar-refractivity contribution in [3.63, 3.8) is 0 Å². The van der Waals surface area contributed by atoms with Crippen molar-refractivity contribution in [2.45, 2.75) is 39.2 Å². The van der Waals surface area contributed by atoms with Gasteiger partial charge in [0.2, 0.25) is 0 Å². The largest absolute Gasteiger partial charge is 0.396 e. The summed E-state index contributed by atoms with van der Waals surface area (Å²) in [5.74, 6) is -0.00533. The monoisotopic (exact) mass is 306 g/mol.